The maximum atomic E-state index is 6.75. The highest BCUT2D eigenvalue weighted by Gasteiger charge is 2.41. The van der Waals surface area contributed by atoms with Gasteiger partial charge in [-0.3, -0.25) is 0 Å². The van der Waals surface area contributed by atoms with E-state index in [0.717, 1.165) is 39.0 Å². The quantitative estimate of drug-likeness (QED) is 0.167. The second-order valence-corrected chi connectivity index (χ2v) is 17.3. The highest BCUT2D eigenvalue weighted by Crippen LogP contribution is 2.55. The van der Waals surface area contributed by atoms with Crippen LogP contribution in [0.25, 0.3) is 66.4 Å². The summed E-state index contributed by atoms with van der Waals surface area (Å²) in [6.45, 7) is 7.13. The smallest absolute Gasteiger partial charge is 0.159 e. The van der Waals surface area contributed by atoms with E-state index in [1.807, 2.05) is 6.07 Å². The third-order valence-corrected chi connectivity index (χ3v) is 13.8. The van der Waals surface area contributed by atoms with Crippen molar-refractivity contribution >= 4 is 39.0 Å². The molecule has 1 aromatic heterocycles. The molecule has 1 unspecified atom stereocenters. The van der Waals surface area contributed by atoms with Crippen LogP contribution < -0.4 is 4.90 Å². The van der Waals surface area contributed by atoms with Crippen LogP contribution in [0.4, 0.5) is 17.1 Å². The minimum absolute atomic E-state index is 0.120. The molecule has 290 valence electrons. The van der Waals surface area contributed by atoms with E-state index in [9.17, 15) is 0 Å². The van der Waals surface area contributed by atoms with Crippen molar-refractivity contribution in [1.82, 2.24) is 0 Å². The number of nitrogens with zero attached hydrogens (tertiary/aromatic N) is 1. The van der Waals surface area contributed by atoms with Crippen molar-refractivity contribution in [3.8, 4) is 44.5 Å². The van der Waals surface area contributed by atoms with Gasteiger partial charge in [0, 0.05) is 33.0 Å². The maximum absolute atomic E-state index is 6.75. The number of para-hydroxylation sites is 2. The highest BCUT2D eigenvalue weighted by molar-refractivity contribution is 6.10. The lowest BCUT2D eigenvalue weighted by Gasteiger charge is -2.31. The van der Waals surface area contributed by atoms with Crippen molar-refractivity contribution in [3.05, 3.63) is 234 Å². The number of furan rings is 1. The van der Waals surface area contributed by atoms with Gasteiger partial charge < -0.3 is 9.32 Å². The molecule has 0 saturated heterocycles. The molecule has 0 N–H and O–H groups in total. The molecule has 10 aromatic rings. The minimum Gasteiger partial charge on any atom is -0.454 e. The summed E-state index contributed by atoms with van der Waals surface area (Å²) < 4.78 is 6.75. The van der Waals surface area contributed by atoms with E-state index in [2.05, 4.69) is 226 Å². The molecular formula is C59H43NO. The van der Waals surface area contributed by atoms with Gasteiger partial charge in [-0.05, 0) is 116 Å². The van der Waals surface area contributed by atoms with E-state index in [4.69, 9.17) is 4.42 Å². The minimum atomic E-state index is -0.332. The SMILES string of the molecule is CC1(C)c2ccccc2-c2cccc(-c3ccccc3-c3ccc(N(c4ccc5c(c4)C(C)(c4ccccc4)c4ccccc4-5)c4cccc5c4oc4ccccc45)cc3)c21. The van der Waals surface area contributed by atoms with Crippen LogP contribution in [-0.2, 0) is 10.8 Å². The fourth-order valence-corrected chi connectivity index (χ4v) is 10.9. The second-order valence-electron chi connectivity index (χ2n) is 17.3. The van der Waals surface area contributed by atoms with Crippen LogP contribution in [-0.4, -0.2) is 0 Å². The van der Waals surface area contributed by atoms with E-state index in [-0.39, 0.29) is 10.8 Å². The summed E-state index contributed by atoms with van der Waals surface area (Å²) in [5.41, 5.74) is 21.3. The van der Waals surface area contributed by atoms with Crippen LogP contribution in [0.5, 0.6) is 0 Å². The topological polar surface area (TPSA) is 16.4 Å². The van der Waals surface area contributed by atoms with Crippen molar-refractivity contribution in [2.75, 3.05) is 4.90 Å². The van der Waals surface area contributed by atoms with E-state index in [1.54, 1.807) is 0 Å². The summed E-state index contributed by atoms with van der Waals surface area (Å²) in [6, 6.07) is 75.5. The predicted octanol–water partition coefficient (Wildman–Crippen LogP) is 16.0. The van der Waals surface area contributed by atoms with E-state index < -0.39 is 0 Å². The lowest BCUT2D eigenvalue weighted by atomic mass is 9.74. The number of benzene rings is 9. The molecule has 0 saturated carbocycles. The maximum Gasteiger partial charge on any atom is 0.159 e. The van der Waals surface area contributed by atoms with Gasteiger partial charge in [0.15, 0.2) is 5.58 Å². The fourth-order valence-electron chi connectivity index (χ4n) is 10.9. The number of hydrogen-bond donors (Lipinski definition) is 0. The molecule has 1 heterocycles. The molecule has 0 bridgehead atoms. The molecule has 2 aliphatic carbocycles. The van der Waals surface area contributed by atoms with Gasteiger partial charge in [-0.15, -0.1) is 0 Å². The Kier molecular flexibility index (Phi) is 7.74. The average Bonchev–Trinajstić information content (AvgIpc) is 3.91. The van der Waals surface area contributed by atoms with Crippen molar-refractivity contribution in [3.63, 3.8) is 0 Å². The molecule has 1 atom stereocenters. The molecule has 61 heavy (non-hydrogen) atoms. The summed E-state index contributed by atoms with van der Waals surface area (Å²) in [5, 5.41) is 2.22. The molecule has 9 aromatic carbocycles. The van der Waals surface area contributed by atoms with Crippen molar-refractivity contribution < 1.29 is 4.42 Å². The van der Waals surface area contributed by atoms with Crippen molar-refractivity contribution in [2.24, 2.45) is 0 Å². The van der Waals surface area contributed by atoms with Gasteiger partial charge in [-0.1, -0.05) is 184 Å². The molecule has 2 nitrogen and oxygen atoms in total. The fraction of sp³-hybridized carbons (Fsp3) is 0.0847. The zero-order valence-electron chi connectivity index (χ0n) is 34.5. The van der Waals surface area contributed by atoms with Crippen LogP contribution in [0, 0.1) is 0 Å². The van der Waals surface area contributed by atoms with Crippen LogP contribution in [0.2, 0.25) is 0 Å². The van der Waals surface area contributed by atoms with Crippen LogP contribution in [0.15, 0.2) is 211 Å². The molecule has 0 radical (unpaired) electrons. The first-order chi connectivity index (χ1) is 29.9. The Morgan fingerprint density at radius 2 is 0.951 bits per heavy atom. The van der Waals surface area contributed by atoms with Gasteiger partial charge in [-0.2, -0.15) is 0 Å². The Morgan fingerprint density at radius 1 is 0.393 bits per heavy atom. The Labute approximate surface area is 357 Å². The Balaban J connectivity index is 1.03. The molecule has 0 aliphatic heterocycles. The Morgan fingerprint density at radius 3 is 1.74 bits per heavy atom. The predicted molar refractivity (Wildman–Crippen MR) is 254 cm³/mol. The lowest BCUT2D eigenvalue weighted by Crippen LogP contribution is -2.22. The normalized spacial score (nSPS) is 15.7. The number of hydrogen-bond acceptors (Lipinski definition) is 2. The lowest BCUT2D eigenvalue weighted by molar-refractivity contribution is 0.662. The molecular weight excluding hydrogens is 739 g/mol. The van der Waals surface area contributed by atoms with E-state index in [0.29, 0.717) is 0 Å². The molecule has 0 amide bonds. The van der Waals surface area contributed by atoms with Gasteiger partial charge in [-0.25, -0.2) is 0 Å². The van der Waals surface area contributed by atoms with E-state index >= 15 is 0 Å². The number of anilines is 3. The summed E-state index contributed by atoms with van der Waals surface area (Å²) in [6.07, 6.45) is 0. The first kappa shape index (κ1) is 35.5. The summed E-state index contributed by atoms with van der Waals surface area (Å²) in [5.74, 6) is 0. The summed E-state index contributed by atoms with van der Waals surface area (Å²) in [7, 11) is 0. The zero-order valence-corrected chi connectivity index (χ0v) is 34.5. The average molecular weight is 782 g/mol. The van der Waals surface area contributed by atoms with Gasteiger partial charge in [0.2, 0.25) is 0 Å². The molecule has 0 spiro atoms. The van der Waals surface area contributed by atoms with Gasteiger partial charge in [0.1, 0.15) is 5.58 Å². The summed E-state index contributed by atoms with van der Waals surface area (Å²) >= 11 is 0. The van der Waals surface area contributed by atoms with Gasteiger partial charge in [0.25, 0.3) is 0 Å². The Hall–Kier alpha value is -7.42. The largest absolute Gasteiger partial charge is 0.454 e. The molecule has 2 aliphatic rings. The third-order valence-electron chi connectivity index (χ3n) is 13.8. The second kappa shape index (κ2) is 13.3. The zero-order chi connectivity index (χ0) is 40.9. The third kappa shape index (κ3) is 5.15. The monoisotopic (exact) mass is 781 g/mol. The number of fused-ring (bicyclic) bond motifs is 9. The van der Waals surface area contributed by atoms with E-state index in [1.165, 1.54) is 72.3 Å². The Bertz CT molecular complexity index is 3350. The number of rotatable bonds is 6. The molecule has 0 fully saturated rings. The highest BCUT2D eigenvalue weighted by atomic mass is 16.3. The summed E-state index contributed by atoms with van der Waals surface area (Å²) in [4.78, 5) is 2.39. The van der Waals surface area contributed by atoms with Crippen molar-refractivity contribution in [1.29, 1.82) is 0 Å². The first-order valence-corrected chi connectivity index (χ1v) is 21.3. The molecule has 2 heteroatoms. The van der Waals surface area contributed by atoms with Crippen LogP contribution in [0.3, 0.4) is 0 Å². The standard InChI is InChI=1S/C59H43NO/c1-58(2)51-27-12-9-22-45(51)49-25-15-24-48(56(49)58)43-20-8-7-19-42(43)38-31-33-40(34-32-38)60(54-29-16-26-50-47-23-11-14-30-55(47)61-57(50)54)41-35-36-46-44-21-10-13-28-52(44)59(3,53(46)37-41)39-17-5-4-6-18-39/h4-37H,1-3H3. The molecule has 12 rings (SSSR count). The van der Waals surface area contributed by atoms with Crippen LogP contribution in [0.1, 0.15) is 48.6 Å². The van der Waals surface area contributed by atoms with Crippen molar-refractivity contribution in [2.45, 2.75) is 31.6 Å². The van der Waals surface area contributed by atoms with Gasteiger partial charge >= 0.3 is 0 Å². The van der Waals surface area contributed by atoms with Crippen LogP contribution >= 0.6 is 0 Å². The van der Waals surface area contributed by atoms with Gasteiger partial charge in [0.05, 0.1) is 5.69 Å². The first-order valence-electron chi connectivity index (χ1n) is 21.3.